The van der Waals surface area contributed by atoms with Gasteiger partial charge in [-0.15, -0.1) is 0 Å². The van der Waals surface area contributed by atoms with E-state index in [-0.39, 0.29) is 11.1 Å². The van der Waals surface area contributed by atoms with E-state index < -0.39 is 7.58 Å². The second kappa shape index (κ2) is 4.24. The van der Waals surface area contributed by atoms with Gasteiger partial charge in [0.25, 0.3) is 0 Å². The quantitative estimate of drug-likeness (QED) is 0.594. The summed E-state index contributed by atoms with van der Waals surface area (Å²) in [4.78, 5) is 0. The summed E-state index contributed by atoms with van der Waals surface area (Å²) in [5.41, 5.74) is 0.218. The largest absolute Gasteiger partial charge is 0.328 e. The van der Waals surface area contributed by atoms with Gasteiger partial charge in [0.15, 0.2) is 7.58 Å². The molecule has 0 N–H and O–H groups in total. The Labute approximate surface area is 99.9 Å². The van der Waals surface area contributed by atoms with Gasteiger partial charge in [-0.2, -0.15) is 0 Å². The minimum atomic E-state index is -0.743. The Kier molecular flexibility index (Phi) is 3.75. The van der Waals surface area contributed by atoms with E-state index in [2.05, 4.69) is 63.2 Å². The summed E-state index contributed by atoms with van der Waals surface area (Å²) in [5.74, 6) is 0. The first-order valence-electron chi connectivity index (χ1n) is 5.33. The van der Waals surface area contributed by atoms with Gasteiger partial charge in [-0.3, -0.25) is 0 Å². The molecule has 0 saturated carbocycles. The molecule has 1 heterocycles. The van der Waals surface area contributed by atoms with Crippen LogP contribution >= 0.6 is 18.8 Å². The fraction of sp³-hybridized carbons (Fsp3) is 0.818. The SMILES string of the molecule is CC(C)(C)N1C=CCN(C(C)(C)C)P1Cl. The van der Waals surface area contributed by atoms with Crippen LogP contribution in [0.1, 0.15) is 41.5 Å². The van der Waals surface area contributed by atoms with Crippen LogP contribution in [0.3, 0.4) is 0 Å². The molecular formula is C11H22ClN2P. The van der Waals surface area contributed by atoms with Crippen molar-refractivity contribution in [2.75, 3.05) is 6.54 Å². The lowest BCUT2D eigenvalue weighted by molar-refractivity contribution is 0.242. The fourth-order valence-electron chi connectivity index (χ4n) is 1.48. The van der Waals surface area contributed by atoms with Gasteiger partial charge in [0.05, 0.1) is 0 Å². The molecule has 0 spiro atoms. The Morgan fingerprint density at radius 3 is 2.00 bits per heavy atom. The van der Waals surface area contributed by atoms with Crippen LogP contribution in [0.25, 0.3) is 0 Å². The highest BCUT2D eigenvalue weighted by Crippen LogP contribution is 2.57. The molecule has 1 rings (SSSR count). The van der Waals surface area contributed by atoms with Crippen LogP contribution in [0.4, 0.5) is 0 Å². The average molecular weight is 249 g/mol. The molecule has 0 aromatic heterocycles. The van der Waals surface area contributed by atoms with Crippen LogP contribution in [0.5, 0.6) is 0 Å². The van der Waals surface area contributed by atoms with Crippen molar-refractivity contribution < 1.29 is 0 Å². The molecule has 1 unspecified atom stereocenters. The lowest BCUT2D eigenvalue weighted by atomic mass is 10.1. The van der Waals surface area contributed by atoms with Crippen molar-refractivity contribution in [1.29, 1.82) is 0 Å². The van der Waals surface area contributed by atoms with Crippen LogP contribution in [0.2, 0.25) is 0 Å². The Morgan fingerprint density at radius 1 is 1.07 bits per heavy atom. The van der Waals surface area contributed by atoms with Crippen LogP contribution in [-0.2, 0) is 0 Å². The highest BCUT2D eigenvalue weighted by atomic mass is 35.7. The molecule has 1 aliphatic rings. The van der Waals surface area contributed by atoms with Crippen molar-refractivity contribution in [3.05, 3.63) is 12.3 Å². The topological polar surface area (TPSA) is 6.48 Å². The predicted octanol–water partition coefficient (Wildman–Crippen LogP) is 4.18. The second-order valence-corrected chi connectivity index (χ2v) is 8.20. The Balaban J connectivity index is 2.90. The minimum Gasteiger partial charge on any atom is -0.328 e. The number of hydrogen-bond donors (Lipinski definition) is 0. The zero-order valence-electron chi connectivity index (χ0n) is 10.6. The maximum absolute atomic E-state index is 6.58. The average Bonchev–Trinajstić information content (AvgIpc) is 1.99. The van der Waals surface area contributed by atoms with Crippen molar-refractivity contribution in [2.45, 2.75) is 52.6 Å². The summed E-state index contributed by atoms with van der Waals surface area (Å²) in [6.45, 7) is 14.2. The van der Waals surface area contributed by atoms with Gasteiger partial charge in [-0.05, 0) is 41.5 Å². The molecule has 88 valence electrons. The maximum atomic E-state index is 6.58. The number of nitrogens with zero attached hydrogens (tertiary/aromatic N) is 2. The summed E-state index contributed by atoms with van der Waals surface area (Å²) in [6, 6.07) is 0. The highest BCUT2D eigenvalue weighted by molar-refractivity contribution is 7.80. The molecule has 1 atom stereocenters. The van der Waals surface area contributed by atoms with Gasteiger partial charge in [0.2, 0.25) is 0 Å². The first kappa shape index (κ1) is 13.3. The summed E-state index contributed by atoms with van der Waals surface area (Å²) in [5, 5.41) is 0. The molecule has 1 aliphatic heterocycles. The molecule has 0 saturated heterocycles. The van der Waals surface area contributed by atoms with Gasteiger partial charge in [0, 0.05) is 23.8 Å². The zero-order chi connectivity index (χ0) is 11.9. The van der Waals surface area contributed by atoms with Gasteiger partial charge in [0.1, 0.15) is 0 Å². The summed E-state index contributed by atoms with van der Waals surface area (Å²) in [6.07, 6.45) is 4.33. The van der Waals surface area contributed by atoms with Crippen LogP contribution < -0.4 is 0 Å². The van der Waals surface area contributed by atoms with E-state index in [1.807, 2.05) is 0 Å². The maximum Gasteiger partial charge on any atom is 0.169 e. The van der Waals surface area contributed by atoms with Crippen LogP contribution in [0.15, 0.2) is 12.3 Å². The third-order valence-electron chi connectivity index (χ3n) is 2.36. The molecule has 0 amide bonds. The lowest BCUT2D eigenvalue weighted by Crippen LogP contribution is -2.45. The molecule has 0 aromatic rings. The standard InChI is InChI=1S/C11H22ClN2P/c1-10(2,3)13-8-7-9-14(15(13)12)11(4,5)6/h7-8H,9H2,1-6H3. The monoisotopic (exact) mass is 248 g/mol. The van der Waals surface area contributed by atoms with Gasteiger partial charge >= 0.3 is 0 Å². The van der Waals surface area contributed by atoms with Crippen LogP contribution in [-0.4, -0.2) is 27.0 Å². The third-order valence-corrected chi connectivity index (χ3v) is 5.65. The molecule has 0 fully saturated rings. The van der Waals surface area contributed by atoms with Crippen molar-refractivity contribution in [3.63, 3.8) is 0 Å². The van der Waals surface area contributed by atoms with Gasteiger partial charge < -0.3 is 4.67 Å². The lowest BCUT2D eigenvalue weighted by Gasteiger charge is -2.48. The Hall–Kier alpha value is 0.220. The number of hydrogen-bond acceptors (Lipinski definition) is 2. The molecular weight excluding hydrogens is 227 g/mol. The second-order valence-electron chi connectivity index (χ2n) is 5.89. The smallest absolute Gasteiger partial charge is 0.169 e. The van der Waals surface area contributed by atoms with E-state index in [1.54, 1.807) is 0 Å². The van der Waals surface area contributed by atoms with E-state index in [9.17, 15) is 0 Å². The highest BCUT2D eigenvalue weighted by Gasteiger charge is 2.36. The van der Waals surface area contributed by atoms with E-state index >= 15 is 0 Å². The molecule has 15 heavy (non-hydrogen) atoms. The predicted molar refractivity (Wildman–Crippen MR) is 70.0 cm³/mol. The summed E-state index contributed by atoms with van der Waals surface area (Å²) in [7, 11) is -0.743. The van der Waals surface area contributed by atoms with Crippen molar-refractivity contribution in [3.8, 4) is 0 Å². The molecule has 4 heteroatoms. The number of halogens is 1. The minimum absolute atomic E-state index is 0.0911. The Bertz CT molecular complexity index is 252. The molecule has 0 bridgehead atoms. The number of rotatable bonds is 0. The molecule has 0 radical (unpaired) electrons. The fourth-order valence-corrected chi connectivity index (χ4v) is 4.83. The van der Waals surface area contributed by atoms with Crippen molar-refractivity contribution in [2.24, 2.45) is 0 Å². The molecule has 0 aromatic carbocycles. The molecule has 0 aliphatic carbocycles. The van der Waals surface area contributed by atoms with Gasteiger partial charge in [-0.25, -0.2) is 4.67 Å². The third kappa shape index (κ3) is 3.09. The first-order valence-corrected chi connectivity index (χ1v) is 7.48. The van der Waals surface area contributed by atoms with E-state index in [0.717, 1.165) is 6.54 Å². The summed E-state index contributed by atoms with van der Waals surface area (Å²) >= 11 is 6.58. The van der Waals surface area contributed by atoms with E-state index in [0.29, 0.717) is 0 Å². The van der Waals surface area contributed by atoms with E-state index in [4.69, 9.17) is 11.2 Å². The van der Waals surface area contributed by atoms with Crippen molar-refractivity contribution in [1.82, 2.24) is 9.34 Å². The summed E-state index contributed by atoms with van der Waals surface area (Å²) < 4.78 is 4.62. The van der Waals surface area contributed by atoms with Gasteiger partial charge in [-0.1, -0.05) is 17.3 Å². The first-order chi connectivity index (χ1) is 6.64. The molecule has 2 nitrogen and oxygen atoms in total. The van der Waals surface area contributed by atoms with Crippen LogP contribution in [0, 0.1) is 0 Å². The van der Waals surface area contributed by atoms with E-state index in [1.165, 1.54) is 0 Å². The van der Waals surface area contributed by atoms with Crippen molar-refractivity contribution >= 4 is 18.8 Å². The zero-order valence-corrected chi connectivity index (χ0v) is 12.2. The Morgan fingerprint density at radius 2 is 1.60 bits per heavy atom. The normalized spacial score (nSPS) is 24.7.